The standard InChI is InChI=1S/C30H28Cl2N2O6/c1-4-11-38-28-22(31)12-18(13-23(28)32)30(35)39-19-8-9-20-25(15-19)40-29(34)21(16-33)27(20)17-7-10-24(36-5-2)26(14-17)37-6-3/h7-10,12-15,27H,4-6,11,34H2,1-3H3. The van der Waals surface area contributed by atoms with Gasteiger partial charge in [0, 0.05) is 11.6 Å². The minimum absolute atomic E-state index is 0.0449. The Labute approximate surface area is 242 Å². The minimum atomic E-state index is -0.674. The van der Waals surface area contributed by atoms with Crippen LogP contribution in [0.4, 0.5) is 0 Å². The molecule has 2 N–H and O–H groups in total. The van der Waals surface area contributed by atoms with E-state index in [1.54, 1.807) is 24.3 Å². The predicted molar refractivity (Wildman–Crippen MR) is 152 cm³/mol. The highest BCUT2D eigenvalue weighted by molar-refractivity contribution is 6.37. The lowest BCUT2D eigenvalue weighted by molar-refractivity contribution is 0.0734. The van der Waals surface area contributed by atoms with E-state index in [2.05, 4.69) is 6.07 Å². The molecule has 0 amide bonds. The second-order valence-corrected chi connectivity index (χ2v) is 9.52. The Hall–Kier alpha value is -4.06. The average molecular weight is 583 g/mol. The molecule has 0 aliphatic carbocycles. The van der Waals surface area contributed by atoms with E-state index in [0.717, 1.165) is 12.0 Å². The number of benzene rings is 3. The largest absolute Gasteiger partial charge is 0.490 e. The zero-order valence-electron chi connectivity index (χ0n) is 22.3. The molecule has 8 nitrogen and oxygen atoms in total. The smallest absolute Gasteiger partial charge is 0.343 e. The number of carbonyl (C=O) groups excluding carboxylic acids is 1. The van der Waals surface area contributed by atoms with Crippen molar-refractivity contribution in [3.63, 3.8) is 0 Å². The van der Waals surface area contributed by atoms with E-state index in [9.17, 15) is 10.1 Å². The van der Waals surface area contributed by atoms with E-state index in [1.165, 1.54) is 12.1 Å². The third kappa shape index (κ3) is 6.06. The summed E-state index contributed by atoms with van der Waals surface area (Å²) in [6.45, 7) is 7.08. The Kier molecular flexibility index (Phi) is 9.30. The number of esters is 1. The average Bonchev–Trinajstić information content (AvgIpc) is 2.93. The van der Waals surface area contributed by atoms with Gasteiger partial charge in [-0.3, -0.25) is 0 Å². The van der Waals surface area contributed by atoms with Crippen LogP contribution in [0.2, 0.25) is 10.0 Å². The summed E-state index contributed by atoms with van der Waals surface area (Å²) in [4.78, 5) is 12.9. The number of halogens is 2. The van der Waals surface area contributed by atoms with E-state index in [4.69, 9.17) is 52.6 Å². The molecule has 3 aromatic carbocycles. The maximum Gasteiger partial charge on any atom is 0.343 e. The van der Waals surface area contributed by atoms with Crippen molar-refractivity contribution in [3.05, 3.63) is 86.7 Å². The summed E-state index contributed by atoms with van der Waals surface area (Å²) in [6, 6.07) is 15.4. The predicted octanol–water partition coefficient (Wildman–Crippen LogP) is 7.02. The second-order valence-electron chi connectivity index (χ2n) is 8.70. The van der Waals surface area contributed by atoms with Crippen LogP contribution in [-0.2, 0) is 0 Å². The molecular formula is C30H28Cl2N2O6. The van der Waals surface area contributed by atoms with Crippen LogP contribution in [0.3, 0.4) is 0 Å². The van der Waals surface area contributed by atoms with E-state index >= 15 is 0 Å². The first-order valence-corrected chi connectivity index (χ1v) is 13.5. The quantitative estimate of drug-likeness (QED) is 0.200. The Morgan fingerprint density at radius 2 is 1.68 bits per heavy atom. The molecule has 0 saturated heterocycles. The molecule has 10 heteroatoms. The third-order valence-electron chi connectivity index (χ3n) is 5.99. The van der Waals surface area contributed by atoms with Gasteiger partial charge >= 0.3 is 5.97 Å². The number of ether oxygens (including phenoxy) is 5. The number of rotatable bonds is 10. The van der Waals surface area contributed by atoms with Gasteiger partial charge in [-0.2, -0.15) is 5.26 Å². The minimum Gasteiger partial charge on any atom is -0.490 e. The fraction of sp³-hybridized carbons (Fsp3) is 0.267. The first kappa shape index (κ1) is 28.9. The summed E-state index contributed by atoms with van der Waals surface area (Å²) in [5, 5.41) is 10.3. The van der Waals surface area contributed by atoms with Crippen LogP contribution in [0, 0.1) is 11.3 Å². The van der Waals surface area contributed by atoms with Gasteiger partial charge in [0.2, 0.25) is 5.88 Å². The zero-order chi connectivity index (χ0) is 28.8. The van der Waals surface area contributed by atoms with E-state index in [-0.39, 0.29) is 32.8 Å². The molecule has 208 valence electrons. The molecule has 0 radical (unpaired) electrons. The maximum absolute atomic E-state index is 12.9. The molecule has 1 unspecified atom stereocenters. The van der Waals surface area contributed by atoms with Crippen molar-refractivity contribution >= 4 is 29.2 Å². The molecule has 1 aliphatic rings. The Balaban J connectivity index is 1.65. The molecule has 0 bridgehead atoms. The van der Waals surface area contributed by atoms with Crippen LogP contribution in [0.1, 0.15) is 54.6 Å². The van der Waals surface area contributed by atoms with Gasteiger partial charge in [0.25, 0.3) is 0 Å². The van der Waals surface area contributed by atoms with Crippen LogP contribution in [0.5, 0.6) is 28.7 Å². The van der Waals surface area contributed by atoms with Crippen molar-refractivity contribution in [2.24, 2.45) is 5.73 Å². The molecule has 1 aliphatic heterocycles. The summed E-state index contributed by atoms with van der Waals surface area (Å²) >= 11 is 12.6. The first-order chi connectivity index (χ1) is 19.3. The van der Waals surface area contributed by atoms with Crippen LogP contribution >= 0.6 is 23.2 Å². The molecule has 1 heterocycles. The molecule has 0 spiro atoms. The van der Waals surface area contributed by atoms with Gasteiger partial charge in [0.15, 0.2) is 17.2 Å². The highest BCUT2D eigenvalue weighted by atomic mass is 35.5. The Morgan fingerprint density at radius 3 is 2.33 bits per heavy atom. The number of nitrogens with two attached hydrogens (primary N) is 1. The van der Waals surface area contributed by atoms with Crippen molar-refractivity contribution in [3.8, 4) is 34.8 Å². The number of allylic oxidation sites excluding steroid dienone is 1. The van der Waals surface area contributed by atoms with Gasteiger partial charge in [-0.1, -0.05) is 42.3 Å². The van der Waals surface area contributed by atoms with Crippen LogP contribution in [0.15, 0.2) is 60.0 Å². The topological polar surface area (TPSA) is 113 Å². The van der Waals surface area contributed by atoms with E-state index in [1.807, 2.05) is 32.9 Å². The normalized spacial score (nSPS) is 14.1. The van der Waals surface area contributed by atoms with Crippen molar-refractivity contribution in [1.29, 1.82) is 5.26 Å². The van der Waals surface area contributed by atoms with Gasteiger partial charge in [-0.15, -0.1) is 0 Å². The molecule has 0 saturated carbocycles. The van der Waals surface area contributed by atoms with E-state index < -0.39 is 11.9 Å². The van der Waals surface area contributed by atoms with Gasteiger partial charge in [-0.05, 0) is 56.2 Å². The number of hydrogen-bond acceptors (Lipinski definition) is 8. The monoisotopic (exact) mass is 582 g/mol. The summed E-state index contributed by atoms with van der Waals surface area (Å²) in [6.07, 6.45) is 0.777. The number of carbonyl (C=O) groups is 1. The van der Waals surface area contributed by atoms with Crippen molar-refractivity contribution in [2.75, 3.05) is 19.8 Å². The molecule has 3 aromatic rings. The number of nitrogens with zero attached hydrogens (tertiary/aromatic N) is 1. The lowest BCUT2D eigenvalue weighted by Crippen LogP contribution is -2.21. The Morgan fingerprint density at radius 1 is 0.975 bits per heavy atom. The highest BCUT2D eigenvalue weighted by Gasteiger charge is 2.32. The summed E-state index contributed by atoms with van der Waals surface area (Å²) in [5.41, 5.74) is 7.99. The van der Waals surface area contributed by atoms with Gasteiger partial charge in [-0.25, -0.2) is 4.79 Å². The van der Waals surface area contributed by atoms with Crippen LogP contribution in [0.25, 0.3) is 0 Å². The number of fused-ring (bicyclic) bond motifs is 1. The molecule has 40 heavy (non-hydrogen) atoms. The summed E-state index contributed by atoms with van der Waals surface area (Å²) in [7, 11) is 0. The molecule has 4 rings (SSSR count). The van der Waals surface area contributed by atoms with Crippen molar-refractivity contribution in [2.45, 2.75) is 33.1 Å². The SMILES string of the molecule is CCCOc1c(Cl)cc(C(=O)Oc2ccc3c(c2)OC(N)=C(C#N)C3c2ccc(OCC)c(OCC)c2)cc1Cl. The fourth-order valence-electron chi connectivity index (χ4n) is 4.28. The zero-order valence-corrected chi connectivity index (χ0v) is 23.8. The summed E-state index contributed by atoms with van der Waals surface area (Å²) in [5.74, 6) is 0.759. The van der Waals surface area contributed by atoms with Gasteiger partial charge < -0.3 is 29.4 Å². The van der Waals surface area contributed by atoms with Crippen molar-refractivity contribution in [1.82, 2.24) is 0 Å². The van der Waals surface area contributed by atoms with E-state index in [0.29, 0.717) is 48.4 Å². The number of nitriles is 1. The van der Waals surface area contributed by atoms with Gasteiger partial charge in [0.1, 0.15) is 23.1 Å². The fourth-order valence-corrected chi connectivity index (χ4v) is 4.87. The Bertz CT molecular complexity index is 1470. The lowest BCUT2D eigenvalue weighted by Gasteiger charge is -2.27. The second kappa shape index (κ2) is 12.9. The molecule has 1 atom stereocenters. The summed E-state index contributed by atoms with van der Waals surface area (Å²) < 4.78 is 28.4. The maximum atomic E-state index is 12.9. The lowest BCUT2D eigenvalue weighted by atomic mass is 9.83. The molecule has 0 fully saturated rings. The highest BCUT2D eigenvalue weighted by Crippen LogP contribution is 2.45. The van der Waals surface area contributed by atoms with Crippen LogP contribution in [-0.4, -0.2) is 25.8 Å². The third-order valence-corrected chi connectivity index (χ3v) is 6.55. The number of hydrogen-bond donors (Lipinski definition) is 1. The molecular weight excluding hydrogens is 555 g/mol. The van der Waals surface area contributed by atoms with Crippen molar-refractivity contribution < 1.29 is 28.5 Å². The van der Waals surface area contributed by atoms with Gasteiger partial charge in [0.05, 0.1) is 41.3 Å². The first-order valence-electron chi connectivity index (χ1n) is 12.8. The van der Waals surface area contributed by atoms with Crippen LogP contribution < -0.4 is 29.4 Å². The molecule has 0 aromatic heterocycles.